The van der Waals surface area contributed by atoms with Crippen molar-refractivity contribution in [3.63, 3.8) is 0 Å². The fraction of sp³-hybridized carbons (Fsp3) is 0.250. The number of nitrogens with one attached hydrogen (secondary N) is 1. The van der Waals surface area contributed by atoms with Crippen LogP contribution in [-0.2, 0) is 6.54 Å². The van der Waals surface area contributed by atoms with Gasteiger partial charge in [-0.3, -0.25) is 9.78 Å². The lowest BCUT2D eigenvalue weighted by molar-refractivity contribution is 0.0947. The summed E-state index contributed by atoms with van der Waals surface area (Å²) in [5.41, 5.74) is 1.98. The van der Waals surface area contributed by atoms with E-state index in [1.54, 1.807) is 6.20 Å². The van der Waals surface area contributed by atoms with Crippen LogP contribution in [0.5, 0.6) is 0 Å². The molecule has 0 aliphatic heterocycles. The number of hydrogen-bond donors (Lipinski definition) is 1. The van der Waals surface area contributed by atoms with Crippen molar-refractivity contribution >= 4 is 17.5 Å². The zero-order chi connectivity index (χ0) is 14.8. The first-order valence-electron chi connectivity index (χ1n) is 6.81. The highest BCUT2D eigenvalue weighted by Gasteiger charge is 2.24. The van der Waals surface area contributed by atoms with Crippen LogP contribution in [0.3, 0.4) is 0 Å². The van der Waals surface area contributed by atoms with Gasteiger partial charge in [0.1, 0.15) is 5.82 Å². The third-order valence-electron chi connectivity index (χ3n) is 3.51. The summed E-state index contributed by atoms with van der Waals surface area (Å²) in [6.07, 6.45) is 5.95. The Morgan fingerprint density at radius 1 is 1.38 bits per heavy atom. The zero-order valence-corrected chi connectivity index (χ0v) is 12.0. The van der Waals surface area contributed by atoms with Gasteiger partial charge in [0, 0.05) is 18.9 Å². The van der Waals surface area contributed by atoms with Crippen LogP contribution in [0.4, 0.5) is 4.39 Å². The van der Waals surface area contributed by atoms with Crippen molar-refractivity contribution in [2.24, 2.45) is 0 Å². The molecular weight excluding hydrogens is 291 g/mol. The van der Waals surface area contributed by atoms with E-state index in [-0.39, 0.29) is 10.6 Å². The van der Waals surface area contributed by atoms with Gasteiger partial charge < -0.3 is 5.32 Å². The maximum Gasteiger partial charge on any atom is 0.256 e. The number of carbonyl (C=O) groups is 1. The van der Waals surface area contributed by atoms with Crippen LogP contribution in [0.25, 0.3) is 0 Å². The van der Waals surface area contributed by atoms with Gasteiger partial charge in [-0.25, -0.2) is 4.39 Å². The Hall–Kier alpha value is -1.94. The Morgan fingerprint density at radius 3 is 2.90 bits per heavy atom. The van der Waals surface area contributed by atoms with Gasteiger partial charge in [-0.1, -0.05) is 23.7 Å². The molecule has 1 heterocycles. The van der Waals surface area contributed by atoms with Crippen LogP contribution in [-0.4, -0.2) is 10.9 Å². The largest absolute Gasteiger partial charge is 0.348 e. The molecule has 1 saturated carbocycles. The average molecular weight is 305 g/mol. The summed E-state index contributed by atoms with van der Waals surface area (Å²) in [4.78, 5) is 16.2. The minimum Gasteiger partial charge on any atom is -0.348 e. The molecule has 108 valence electrons. The number of benzene rings is 1. The van der Waals surface area contributed by atoms with E-state index in [4.69, 9.17) is 11.6 Å². The molecule has 1 aliphatic carbocycles. The second-order valence-electron chi connectivity index (χ2n) is 5.18. The number of nitrogens with zero attached hydrogens (tertiary/aromatic N) is 1. The smallest absolute Gasteiger partial charge is 0.256 e. The van der Waals surface area contributed by atoms with Crippen molar-refractivity contribution in [2.75, 3.05) is 0 Å². The van der Waals surface area contributed by atoms with Crippen LogP contribution < -0.4 is 5.32 Å². The van der Waals surface area contributed by atoms with Crippen LogP contribution in [0.15, 0.2) is 36.7 Å². The highest BCUT2D eigenvalue weighted by Crippen LogP contribution is 2.39. The van der Waals surface area contributed by atoms with Crippen LogP contribution in [0, 0.1) is 5.82 Å². The monoisotopic (exact) mass is 304 g/mol. The summed E-state index contributed by atoms with van der Waals surface area (Å²) >= 11 is 5.87. The molecule has 0 radical (unpaired) electrons. The van der Waals surface area contributed by atoms with Gasteiger partial charge in [-0.2, -0.15) is 0 Å². The van der Waals surface area contributed by atoms with Gasteiger partial charge in [0.25, 0.3) is 5.91 Å². The highest BCUT2D eigenvalue weighted by atomic mass is 35.5. The Bertz CT molecular complexity index is 665. The van der Waals surface area contributed by atoms with Crippen molar-refractivity contribution in [3.8, 4) is 0 Å². The van der Waals surface area contributed by atoms with E-state index in [9.17, 15) is 9.18 Å². The second kappa shape index (κ2) is 5.82. The molecule has 3 rings (SSSR count). The lowest BCUT2D eigenvalue weighted by atomic mass is 10.1. The van der Waals surface area contributed by atoms with Crippen molar-refractivity contribution < 1.29 is 9.18 Å². The van der Waals surface area contributed by atoms with Gasteiger partial charge in [0.15, 0.2) is 0 Å². The Balaban J connectivity index is 1.69. The average Bonchev–Trinajstić information content (AvgIpc) is 3.30. The second-order valence-corrected chi connectivity index (χ2v) is 5.59. The maximum absolute atomic E-state index is 13.6. The molecule has 0 bridgehead atoms. The molecule has 3 nitrogen and oxygen atoms in total. The third-order valence-corrected chi connectivity index (χ3v) is 3.82. The number of aromatic nitrogens is 1. The number of hydrogen-bond acceptors (Lipinski definition) is 2. The van der Waals surface area contributed by atoms with E-state index in [2.05, 4.69) is 10.3 Å². The quantitative estimate of drug-likeness (QED) is 0.936. The first-order valence-corrected chi connectivity index (χ1v) is 7.19. The van der Waals surface area contributed by atoms with Crippen molar-refractivity contribution in [3.05, 3.63) is 64.2 Å². The summed E-state index contributed by atoms with van der Waals surface area (Å²) < 4.78 is 13.6. The minimum absolute atomic E-state index is 0.109. The maximum atomic E-state index is 13.6. The number of halogens is 2. The molecule has 1 aromatic heterocycles. The van der Waals surface area contributed by atoms with Crippen LogP contribution in [0.1, 0.15) is 40.2 Å². The Kier molecular flexibility index (Phi) is 3.88. The van der Waals surface area contributed by atoms with Gasteiger partial charge in [0.05, 0.1) is 10.6 Å². The van der Waals surface area contributed by atoms with Crippen LogP contribution >= 0.6 is 11.6 Å². The van der Waals surface area contributed by atoms with Crippen LogP contribution in [0.2, 0.25) is 5.02 Å². The Morgan fingerprint density at radius 2 is 2.19 bits per heavy atom. The van der Waals surface area contributed by atoms with Gasteiger partial charge >= 0.3 is 0 Å². The number of pyridine rings is 1. The van der Waals surface area contributed by atoms with Gasteiger partial charge in [-0.05, 0) is 42.0 Å². The van der Waals surface area contributed by atoms with E-state index in [1.807, 2.05) is 12.3 Å². The SMILES string of the molecule is O=C(NCc1cncc(C2CC2)c1)c1c(F)cccc1Cl. The fourth-order valence-corrected chi connectivity index (χ4v) is 2.48. The molecule has 0 atom stereocenters. The fourth-order valence-electron chi connectivity index (χ4n) is 2.23. The predicted octanol–water partition coefficient (Wildman–Crippen LogP) is 3.68. The lowest BCUT2D eigenvalue weighted by Gasteiger charge is -2.08. The summed E-state index contributed by atoms with van der Waals surface area (Å²) in [7, 11) is 0. The normalized spacial score (nSPS) is 14.0. The first kappa shape index (κ1) is 14.0. The third kappa shape index (κ3) is 3.22. The lowest BCUT2D eigenvalue weighted by Crippen LogP contribution is -2.24. The van der Waals surface area contributed by atoms with E-state index in [1.165, 1.54) is 36.6 Å². The standard InChI is InChI=1S/C16H14ClFN2O/c17-13-2-1-3-14(18)15(13)16(21)20-8-10-6-12(9-19-7-10)11-4-5-11/h1-3,6-7,9,11H,4-5,8H2,(H,20,21). The summed E-state index contributed by atoms with van der Waals surface area (Å²) in [5, 5.41) is 2.79. The van der Waals surface area contributed by atoms with Gasteiger partial charge in [-0.15, -0.1) is 0 Å². The van der Waals surface area contributed by atoms with Gasteiger partial charge in [0.2, 0.25) is 0 Å². The molecule has 5 heteroatoms. The molecule has 0 unspecified atom stereocenters. The molecule has 1 aromatic carbocycles. The van der Waals surface area contributed by atoms with Crippen molar-refractivity contribution in [2.45, 2.75) is 25.3 Å². The first-order chi connectivity index (χ1) is 10.1. The zero-order valence-electron chi connectivity index (χ0n) is 11.3. The molecule has 1 aliphatic rings. The Labute approximate surface area is 127 Å². The number of carbonyl (C=O) groups excluding carboxylic acids is 1. The molecule has 1 N–H and O–H groups in total. The molecule has 0 spiro atoms. The molecule has 2 aromatic rings. The van der Waals surface area contributed by atoms with E-state index < -0.39 is 11.7 Å². The summed E-state index contributed by atoms with van der Waals surface area (Å²) in [6, 6.07) is 6.22. The highest BCUT2D eigenvalue weighted by molar-refractivity contribution is 6.33. The molecule has 21 heavy (non-hydrogen) atoms. The molecule has 1 fully saturated rings. The number of rotatable bonds is 4. The minimum atomic E-state index is -0.621. The van der Waals surface area contributed by atoms with E-state index in [0.717, 1.165) is 5.56 Å². The van der Waals surface area contributed by atoms with E-state index >= 15 is 0 Å². The molecule has 0 saturated heterocycles. The summed E-state index contributed by atoms with van der Waals surface area (Å²) in [5.74, 6) is -0.533. The predicted molar refractivity (Wildman–Crippen MR) is 78.8 cm³/mol. The molecule has 1 amide bonds. The van der Waals surface area contributed by atoms with Crippen molar-refractivity contribution in [1.82, 2.24) is 10.3 Å². The number of amides is 1. The topological polar surface area (TPSA) is 42.0 Å². The van der Waals surface area contributed by atoms with E-state index in [0.29, 0.717) is 12.5 Å². The summed E-state index contributed by atoms with van der Waals surface area (Å²) in [6.45, 7) is 0.303. The molecular formula is C16H14ClFN2O. The van der Waals surface area contributed by atoms with Crippen molar-refractivity contribution in [1.29, 1.82) is 0 Å².